The molecule has 2 aromatic heterocycles. The van der Waals surface area contributed by atoms with E-state index in [0.29, 0.717) is 17.2 Å². The summed E-state index contributed by atoms with van der Waals surface area (Å²) in [6.45, 7) is 9.03. The van der Waals surface area contributed by atoms with E-state index >= 15 is 0 Å². The minimum atomic E-state index is 0.343. The second-order valence-corrected chi connectivity index (χ2v) is 9.87. The minimum Gasteiger partial charge on any atom is -0.268 e. The van der Waals surface area contributed by atoms with Crippen LogP contribution in [0.2, 0.25) is 0 Å². The number of allylic oxidation sites excluding steroid dienone is 2. The third-order valence-electron chi connectivity index (χ3n) is 4.84. The van der Waals surface area contributed by atoms with Crippen molar-refractivity contribution in [3.05, 3.63) is 45.2 Å². The maximum Gasteiger partial charge on any atom is 0.109 e. The topological polar surface area (TPSA) is 12.4 Å². The zero-order chi connectivity index (χ0) is 16.1. The van der Waals surface area contributed by atoms with Gasteiger partial charge in [0.15, 0.2) is 0 Å². The summed E-state index contributed by atoms with van der Waals surface area (Å²) in [5, 5.41) is 1.74. The van der Waals surface area contributed by atoms with Crippen LogP contribution in [0.15, 0.2) is 40.4 Å². The molecule has 0 bridgehead atoms. The zero-order valence-electron chi connectivity index (χ0n) is 13.9. The van der Waals surface area contributed by atoms with E-state index in [2.05, 4.69) is 52.0 Å². The molecule has 0 fully saturated rings. The molecule has 0 amide bonds. The van der Waals surface area contributed by atoms with Crippen molar-refractivity contribution >= 4 is 48.9 Å². The third-order valence-corrected chi connectivity index (χ3v) is 8.93. The molecule has 3 atom stereocenters. The summed E-state index contributed by atoms with van der Waals surface area (Å²) < 4.78 is 2.86. The molecule has 120 valence electrons. The molecule has 0 saturated heterocycles. The van der Waals surface area contributed by atoms with Gasteiger partial charge in [0.2, 0.25) is 0 Å². The minimum absolute atomic E-state index is 0.343. The lowest BCUT2D eigenvalue weighted by molar-refractivity contribution is 0.748. The Bertz CT molecular complexity index is 818. The lowest BCUT2D eigenvalue weighted by atomic mass is 9.95. The lowest BCUT2D eigenvalue weighted by Gasteiger charge is -2.21. The van der Waals surface area contributed by atoms with Gasteiger partial charge in [0.25, 0.3) is 0 Å². The molecular weight excluding hydrogens is 338 g/mol. The van der Waals surface area contributed by atoms with Gasteiger partial charge in [-0.3, -0.25) is 4.99 Å². The maximum atomic E-state index is 5.05. The van der Waals surface area contributed by atoms with Gasteiger partial charge < -0.3 is 0 Å². The fraction of sp³-hybridized carbons (Fsp3) is 0.421. The van der Waals surface area contributed by atoms with Crippen LogP contribution in [0.5, 0.6) is 0 Å². The molecule has 1 nitrogen and oxygen atoms in total. The van der Waals surface area contributed by atoms with E-state index in [1.165, 1.54) is 41.8 Å². The molecule has 2 aliphatic rings. The smallest absolute Gasteiger partial charge is 0.109 e. The zero-order valence-corrected chi connectivity index (χ0v) is 16.4. The van der Waals surface area contributed by atoms with Gasteiger partial charge in [0.05, 0.1) is 16.2 Å². The van der Waals surface area contributed by atoms with Crippen molar-refractivity contribution in [2.24, 2.45) is 4.99 Å². The van der Waals surface area contributed by atoms with Crippen molar-refractivity contribution in [2.75, 3.05) is 0 Å². The van der Waals surface area contributed by atoms with Gasteiger partial charge in [0.1, 0.15) is 5.04 Å². The Kier molecular flexibility index (Phi) is 4.02. The molecule has 0 N–H and O–H groups in total. The van der Waals surface area contributed by atoms with E-state index < -0.39 is 0 Å². The van der Waals surface area contributed by atoms with E-state index in [4.69, 9.17) is 4.99 Å². The van der Waals surface area contributed by atoms with Crippen molar-refractivity contribution in [3.8, 4) is 0 Å². The van der Waals surface area contributed by atoms with Crippen LogP contribution >= 0.6 is 34.4 Å². The van der Waals surface area contributed by atoms with Gasteiger partial charge in [-0.05, 0) is 43.9 Å². The molecule has 4 heteroatoms. The molecule has 4 rings (SSSR count). The summed E-state index contributed by atoms with van der Waals surface area (Å²) in [4.78, 5) is 7.92. The van der Waals surface area contributed by atoms with Crippen molar-refractivity contribution in [1.82, 2.24) is 0 Å². The van der Waals surface area contributed by atoms with Crippen LogP contribution in [0.4, 0.5) is 0 Å². The first-order chi connectivity index (χ1) is 11.1. The Morgan fingerprint density at radius 1 is 1.09 bits per heavy atom. The van der Waals surface area contributed by atoms with Crippen LogP contribution in [-0.2, 0) is 0 Å². The molecule has 0 saturated carbocycles. The van der Waals surface area contributed by atoms with Crippen LogP contribution in [-0.4, -0.2) is 16.3 Å². The third kappa shape index (κ3) is 2.65. The second-order valence-electron chi connectivity index (χ2n) is 6.54. The largest absolute Gasteiger partial charge is 0.268 e. The Balaban J connectivity index is 1.65. The maximum absolute atomic E-state index is 5.05. The van der Waals surface area contributed by atoms with E-state index in [-0.39, 0.29) is 0 Å². The quantitative estimate of drug-likeness (QED) is 0.600. The van der Waals surface area contributed by atoms with Gasteiger partial charge in [-0.15, -0.1) is 22.7 Å². The van der Waals surface area contributed by atoms with Crippen molar-refractivity contribution in [1.29, 1.82) is 0 Å². The molecule has 0 aromatic carbocycles. The highest BCUT2D eigenvalue weighted by atomic mass is 32.2. The number of hydrogen-bond donors (Lipinski definition) is 0. The number of aliphatic imine (C=N–C) groups is 1. The van der Waals surface area contributed by atoms with Crippen molar-refractivity contribution < 1.29 is 0 Å². The summed E-state index contributed by atoms with van der Waals surface area (Å²) in [6.07, 6.45) is 5.70. The average Bonchev–Trinajstić information content (AvgIpc) is 3.21. The molecule has 1 aliphatic carbocycles. The molecule has 3 heterocycles. The van der Waals surface area contributed by atoms with E-state index in [1.54, 1.807) is 0 Å². The Hall–Kier alpha value is -0.840. The van der Waals surface area contributed by atoms with Crippen molar-refractivity contribution in [2.45, 2.75) is 51.3 Å². The first-order valence-corrected chi connectivity index (χ1v) is 10.7. The summed E-state index contributed by atoms with van der Waals surface area (Å²) in [5.74, 6) is 0.671. The summed E-state index contributed by atoms with van der Waals surface area (Å²) in [6, 6.07) is 5.10. The molecule has 2 aromatic rings. The monoisotopic (exact) mass is 359 g/mol. The second kappa shape index (κ2) is 5.91. The molecular formula is C19H21NS3. The number of thioether (sulfide) groups is 1. The van der Waals surface area contributed by atoms with Crippen LogP contribution in [0, 0.1) is 0 Å². The molecule has 1 aliphatic heterocycles. The predicted molar refractivity (Wildman–Crippen MR) is 108 cm³/mol. The van der Waals surface area contributed by atoms with Crippen LogP contribution in [0.1, 0.15) is 49.8 Å². The van der Waals surface area contributed by atoms with Gasteiger partial charge in [-0.2, -0.15) is 0 Å². The fourth-order valence-corrected chi connectivity index (χ4v) is 7.03. The number of hydrogen-bond acceptors (Lipinski definition) is 4. The highest BCUT2D eigenvalue weighted by molar-refractivity contribution is 8.15. The molecule has 3 unspecified atom stereocenters. The highest BCUT2D eigenvalue weighted by Crippen LogP contribution is 2.44. The number of nitrogens with zero attached hydrogens (tertiary/aromatic N) is 1. The summed E-state index contributed by atoms with van der Waals surface area (Å²) in [7, 11) is 0. The summed E-state index contributed by atoms with van der Waals surface area (Å²) in [5.41, 5.74) is 2.84. The van der Waals surface area contributed by atoms with Gasteiger partial charge in [0, 0.05) is 14.3 Å². The predicted octanol–water partition coefficient (Wildman–Crippen LogP) is 6.61. The summed E-state index contributed by atoms with van der Waals surface area (Å²) >= 11 is 5.82. The van der Waals surface area contributed by atoms with Gasteiger partial charge >= 0.3 is 0 Å². The highest BCUT2D eigenvalue weighted by Gasteiger charge is 2.35. The van der Waals surface area contributed by atoms with Crippen LogP contribution in [0.25, 0.3) is 9.40 Å². The van der Waals surface area contributed by atoms with Crippen molar-refractivity contribution in [3.63, 3.8) is 0 Å². The van der Waals surface area contributed by atoms with E-state index in [1.807, 2.05) is 34.4 Å². The number of rotatable bonds is 3. The van der Waals surface area contributed by atoms with Crippen LogP contribution < -0.4 is 0 Å². The number of fused-ring (bicyclic) bond motifs is 2. The lowest BCUT2D eigenvalue weighted by Crippen LogP contribution is -2.22. The van der Waals surface area contributed by atoms with Gasteiger partial charge in [-0.1, -0.05) is 43.3 Å². The SMILES string of the molecule is CCC(C)c1cc2sc(C3=NC4C(C)=CC=C(C)C4S3)cc2s1. The van der Waals surface area contributed by atoms with E-state index in [0.717, 1.165) is 0 Å². The normalized spacial score (nSPS) is 25.1. The molecule has 23 heavy (non-hydrogen) atoms. The Morgan fingerprint density at radius 2 is 1.83 bits per heavy atom. The average molecular weight is 360 g/mol. The Morgan fingerprint density at radius 3 is 2.52 bits per heavy atom. The fourth-order valence-electron chi connectivity index (χ4n) is 3.07. The van der Waals surface area contributed by atoms with Crippen LogP contribution in [0.3, 0.4) is 0 Å². The first kappa shape index (κ1) is 15.7. The standard InChI is InChI=1S/C19H21NS3/c1-5-10(2)13-8-14-15(21-13)9-16(22-14)19-20-17-11(3)6-7-12(4)18(17)23-19/h6-10,17-18H,5H2,1-4H3. The number of thiophene rings is 2. The van der Waals surface area contributed by atoms with E-state index in [9.17, 15) is 0 Å². The molecule has 0 radical (unpaired) electrons. The molecule has 0 spiro atoms. The van der Waals surface area contributed by atoms with Gasteiger partial charge in [-0.25, -0.2) is 0 Å². The Labute approximate surface area is 150 Å². The first-order valence-electron chi connectivity index (χ1n) is 8.20.